The molecular weight excluding hydrogens is 336 g/mol. The molecule has 0 aliphatic heterocycles. The molecule has 0 saturated heterocycles. The van der Waals surface area contributed by atoms with Gasteiger partial charge in [0.2, 0.25) is 0 Å². The van der Waals surface area contributed by atoms with Gasteiger partial charge in [-0.1, -0.05) is 0 Å². The Balaban J connectivity index is 4.65. The molecule has 0 aliphatic rings. The van der Waals surface area contributed by atoms with Gasteiger partial charge in [-0.05, 0) is 0 Å². The highest BCUT2D eigenvalue weighted by Gasteiger charge is 2.34. The molecule has 0 aromatic rings. The highest BCUT2D eigenvalue weighted by atomic mass is 16.6. The van der Waals surface area contributed by atoms with E-state index in [-0.39, 0.29) is 0 Å². The lowest BCUT2D eigenvalue weighted by Gasteiger charge is -2.13. The molecule has 0 saturated carbocycles. The van der Waals surface area contributed by atoms with Crippen LogP contribution in [0.2, 0.25) is 0 Å². The highest BCUT2D eigenvalue weighted by molar-refractivity contribution is 6.00. The molecule has 0 aliphatic carbocycles. The van der Waals surface area contributed by atoms with E-state index in [1.54, 1.807) is 0 Å². The van der Waals surface area contributed by atoms with Crippen LogP contribution in [0, 0.1) is 0 Å². The van der Waals surface area contributed by atoms with Gasteiger partial charge in [-0.15, -0.1) is 0 Å². The van der Waals surface area contributed by atoms with Crippen molar-refractivity contribution in [3.8, 4) is 0 Å². The van der Waals surface area contributed by atoms with Crippen molar-refractivity contribution in [2.24, 2.45) is 0 Å². The molecule has 0 aromatic carbocycles. The van der Waals surface area contributed by atoms with Crippen LogP contribution in [0.4, 0.5) is 0 Å². The van der Waals surface area contributed by atoms with Gasteiger partial charge in [0.1, 0.15) is 0 Å². The van der Waals surface area contributed by atoms with Crippen LogP contribution in [-0.2, 0) is 38.2 Å². The van der Waals surface area contributed by atoms with Crippen molar-refractivity contribution in [3.05, 3.63) is 24.3 Å². The minimum atomic E-state index is -2.63. The summed E-state index contributed by atoms with van der Waals surface area (Å²) in [5.41, 5.74) is 0. The normalized spacial score (nSPS) is 13.2. The smallest absolute Gasteiger partial charge is 0.346 e. The van der Waals surface area contributed by atoms with Gasteiger partial charge < -0.3 is 29.9 Å². The van der Waals surface area contributed by atoms with Gasteiger partial charge in [0.05, 0.1) is 0 Å². The van der Waals surface area contributed by atoms with E-state index in [4.69, 9.17) is 10.2 Å². The van der Waals surface area contributed by atoms with Gasteiger partial charge in [0, 0.05) is 24.3 Å². The molecule has 24 heavy (non-hydrogen) atoms. The Labute approximate surface area is 132 Å². The van der Waals surface area contributed by atoms with Crippen LogP contribution >= 0.6 is 0 Å². The van der Waals surface area contributed by atoms with Crippen LogP contribution in [-0.4, -0.2) is 68.4 Å². The first-order chi connectivity index (χ1) is 11.0. The van der Waals surface area contributed by atoms with Crippen molar-refractivity contribution in [1.29, 1.82) is 0 Å². The zero-order valence-electron chi connectivity index (χ0n) is 11.5. The number of carbonyl (C=O) groups is 6. The summed E-state index contributed by atoms with van der Waals surface area (Å²) >= 11 is 0. The molecule has 0 spiro atoms. The molecule has 0 bridgehead atoms. The lowest BCUT2D eigenvalue weighted by Crippen LogP contribution is -2.42. The standard InChI is InChI=1S/C12H10O12/c13-5(14)1-3-7(17)23-11(21)9(19)10(20)12(22)24-8(18)4-2-6(15)16/h1-4,9-10,19-20H,(H,13,14)(H,15,16)/b3-1+,4-2+. The van der Waals surface area contributed by atoms with Gasteiger partial charge in [0.25, 0.3) is 0 Å². The molecule has 0 fully saturated rings. The summed E-state index contributed by atoms with van der Waals surface area (Å²) in [6.07, 6.45) is -3.98. The number of hydrogen-bond donors (Lipinski definition) is 4. The number of ether oxygens (including phenoxy) is 2. The topological polar surface area (TPSA) is 202 Å². The Morgan fingerprint density at radius 3 is 1.17 bits per heavy atom. The SMILES string of the molecule is O=C(O)/C=C/C(=O)OC(=O)C(O)C(O)C(=O)OC(=O)/C=C/C(=O)O. The predicted molar refractivity (Wildman–Crippen MR) is 67.8 cm³/mol. The van der Waals surface area contributed by atoms with E-state index in [1.807, 2.05) is 0 Å². The maximum Gasteiger partial charge on any atom is 0.346 e. The van der Waals surface area contributed by atoms with Crippen molar-refractivity contribution in [2.45, 2.75) is 12.2 Å². The van der Waals surface area contributed by atoms with Crippen LogP contribution in [0.3, 0.4) is 0 Å². The minimum Gasteiger partial charge on any atom is -0.478 e. The number of aliphatic carboxylic acids is 2. The number of hydrogen-bond acceptors (Lipinski definition) is 10. The number of aliphatic hydroxyl groups excluding tert-OH is 2. The third kappa shape index (κ3) is 8.16. The van der Waals surface area contributed by atoms with E-state index in [0.717, 1.165) is 0 Å². The summed E-state index contributed by atoms with van der Waals surface area (Å²) in [6, 6.07) is 0. The van der Waals surface area contributed by atoms with Crippen molar-refractivity contribution >= 4 is 35.8 Å². The maximum atomic E-state index is 11.2. The van der Waals surface area contributed by atoms with Crippen molar-refractivity contribution in [2.75, 3.05) is 0 Å². The molecule has 12 heteroatoms. The van der Waals surface area contributed by atoms with Crippen LogP contribution < -0.4 is 0 Å². The molecule has 0 radical (unpaired) electrons. The van der Waals surface area contributed by atoms with Gasteiger partial charge in [0.15, 0.2) is 12.2 Å². The number of carboxylic acids is 2. The highest BCUT2D eigenvalue weighted by Crippen LogP contribution is 2.01. The third-order valence-corrected chi connectivity index (χ3v) is 1.91. The van der Waals surface area contributed by atoms with Crippen LogP contribution in [0.15, 0.2) is 24.3 Å². The zero-order chi connectivity index (χ0) is 18.9. The lowest BCUT2D eigenvalue weighted by atomic mass is 10.2. The fourth-order valence-electron chi connectivity index (χ4n) is 0.924. The lowest BCUT2D eigenvalue weighted by molar-refractivity contribution is -0.178. The Hall–Kier alpha value is -3.38. The van der Waals surface area contributed by atoms with E-state index in [0.29, 0.717) is 24.3 Å². The van der Waals surface area contributed by atoms with Gasteiger partial charge in [-0.2, -0.15) is 0 Å². The Morgan fingerprint density at radius 1 is 0.625 bits per heavy atom. The van der Waals surface area contributed by atoms with Gasteiger partial charge in [-0.3, -0.25) is 0 Å². The molecule has 0 amide bonds. The molecule has 130 valence electrons. The largest absolute Gasteiger partial charge is 0.478 e. The molecular formula is C12H10O12. The second kappa shape index (κ2) is 9.60. The van der Waals surface area contributed by atoms with E-state index < -0.39 is 48.0 Å². The summed E-state index contributed by atoms with van der Waals surface area (Å²) in [4.78, 5) is 64.6. The van der Waals surface area contributed by atoms with Crippen LogP contribution in [0.25, 0.3) is 0 Å². The average Bonchev–Trinajstić information content (AvgIpc) is 2.49. The Morgan fingerprint density at radius 2 is 0.917 bits per heavy atom. The fraction of sp³-hybridized carbons (Fsp3) is 0.167. The molecule has 4 N–H and O–H groups in total. The summed E-state index contributed by atoms with van der Waals surface area (Å²) in [5, 5.41) is 35.0. The van der Waals surface area contributed by atoms with Gasteiger partial charge >= 0.3 is 35.8 Å². The van der Waals surface area contributed by atoms with Crippen LogP contribution in [0.5, 0.6) is 0 Å². The summed E-state index contributed by atoms with van der Waals surface area (Å²) in [5.74, 6) is -9.74. The second-order valence-corrected chi connectivity index (χ2v) is 3.71. The summed E-state index contributed by atoms with van der Waals surface area (Å²) < 4.78 is 7.79. The first-order valence-corrected chi connectivity index (χ1v) is 5.74. The first kappa shape index (κ1) is 20.6. The number of carbonyl (C=O) groups excluding carboxylic acids is 4. The monoisotopic (exact) mass is 346 g/mol. The maximum absolute atomic E-state index is 11.2. The van der Waals surface area contributed by atoms with Crippen LogP contribution in [0.1, 0.15) is 0 Å². The second-order valence-electron chi connectivity index (χ2n) is 3.71. The molecule has 2 atom stereocenters. The zero-order valence-corrected chi connectivity index (χ0v) is 11.5. The van der Waals surface area contributed by atoms with Crippen molar-refractivity contribution in [1.82, 2.24) is 0 Å². The fourth-order valence-corrected chi connectivity index (χ4v) is 0.924. The third-order valence-electron chi connectivity index (χ3n) is 1.91. The molecule has 0 heterocycles. The Bertz CT molecular complexity index is 560. The Kier molecular flexibility index (Phi) is 8.25. The number of esters is 4. The summed E-state index contributed by atoms with van der Waals surface area (Å²) in [7, 11) is 0. The van der Waals surface area contributed by atoms with E-state index >= 15 is 0 Å². The quantitative estimate of drug-likeness (QED) is 0.209. The minimum absolute atomic E-state index is 0.317. The molecule has 0 aromatic heterocycles. The number of rotatable bonds is 7. The number of carboxylic acid groups (broad SMARTS) is 2. The molecule has 12 nitrogen and oxygen atoms in total. The number of aliphatic hydroxyl groups is 2. The first-order valence-electron chi connectivity index (χ1n) is 5.74. The van der Waals surface area contributed by atoms with E-state index in [2.05, 4.69) is 9.47 Å². The average molecular weight is 346 g/mol. The molecule has 0 rings (SSSR count). The summed E-state index contributed by atoms with van der Waals surface area (Å²) in [6.45, 7) is 0. The van der Waals surface area contributed by atoms with E-state index in [9.17, 15) is 39.0 Å². The molecule has 2 unspecified atom stereocenters. The predicted octanol–water partition coefficient (Wildman–Crippen LogP) is -2.87. The van der Waals surface area contributed by atoms with Crippen molar-refractivity contribution < 1.29 is 58.7 Å². The van der Waals surface area contributed by atoms with E-state index in [1.165, 1.54) is 0 Å². The van der Waals surface area contributed by atoms with Crippen molar-refractivity contribution in [3.63, 3.8) is 0 Å². The van der Waals surface area contributed by atoms with Gasteiger partial charge in [-0.25, -0.2) is 28.8 Å².